The summed E-state index contributed by atoms with van der Waals surface area (Å²) in [6.07, 6.45) is 9.00. The van der Waals surface area contributed by atoms with Gasteiger partial charge in [-0.1, -0.05) is 48.6 Å². The Hall–Kier alpha value is -3.41. The Labute approximate surface area is 200 Å². The molecule has 2 aromatic heterocycles. The molecule has 0 saturated heterocycles. The molecule has 0 fully saturated rings. The zero-order chi connectivity index (χ0) is 23.7. The summed E-state index contributed by atoms with van der Waals surface area (Å²) in [5.74, 6) is 1.13. The number of aliphatic hydroxyl groups is 1. The normalized spacial score (nSPS) is 15.6. The summed E-state index contributed by atoms with van der Waals surface area (Å²) in [6.45, 7) is 0.689. The van der Waals surface area contributed by atoms with E-state index in [0.717, 1.165) is 51.4 Å². The van der Waals surface area contributed by atoms with Gasteiger partial charge in [0.25, 0.3) is 0 Å². The van der Waals surface area contributed by atoms with Crippen molar-refractivity contribution < 1.29 is 14.3 Å². The summed E-state index contributed by atoms with van der Waals surface area (Å²) in [6, 6.07) is 17.8. The van der Waals surface area contributed by atoms with Gasteiger partial charge in [-0.2, -0.15) is 0 Å². The molecule has 4 aromatic rings. The summed E-state index contributed by atoms with van der Waals surface area (Å²) in [5, 5.41) is 14.2. The Balaban J connectivity index is 1.74. The zero-order valence-corrected chi connectivity index (χ0v) is 19.9. The molecule has 0 saturated carbocycles. The van der Waals surface area contributed by atoms with Gasteiger partial charge in [0, 0.05) is 34.9 Å². The average molecular weight is 455 g/mol. The first-order chi connectivity index (χ1) is 16.5. The van der Waals surface area contributed by atoms with Gasteiger partial charge >= 0.3 is 0 Å². The maximum absolute atomic E-state index is 12.3. The molecule has 5 heteroatoms. The van der Waals surface area contributed by atoms with Crippen molar-refractivity contribution in [3.05, 3.63) is 89.7 Å². The number of rotatable bonds is 7. The van der Waals surface area contributed by atoms with E-state index in [1.807, 2.05) is 62.6 Å². The number of aromatic nitrogens is 1. The second-order valence-electron chi connectivity index (χ2n) is 9.12. The van der Waals surface area contributed by atoms with E-state index in [9.17, 15) is 5.11 Å². The summed E-state index contributed by atoms with van der Waals surface area (Å²) >= 11 is 0. The van der Waals surface area contributed by atoms with Gasteiger partial charge in [0.1, 0.15) is 16.9 Å². The van der Waals surface area contributed by atoms with Crippen molar-refractivity contribution in [3.8, 4) is 5.88 Å². The molecule has 1 unspecified atom stereocenters. The Morgan fingerprint density at radius 1 is 1.09 bits per heavy atom. The topological polar surface area (TPSA) is 58.7 Å². The van der Waals surface area contributed by atoms with Crippen molar-refractivity contribution >= 4 is 27.4 Å². The highest BCUT2D eigenvalue weighted by Gasteiger charge is 2.37. The van der Waals surface area contributed by atoms with Crippen molar-refractivity contribution in [3.63, 3.8) is 0 Å². The van der Waals surface area contributed by atoms with E-state index in [2.05, 4.69) is 29.2 Å². The van der Waals surface area contributed by atoms with E-state index in [1.54, 1.807) is 7.11 Å². The van der Waals surface area contributed by atoms with Crippen molar-refractivity contribution in [1.82, 2.24) is 9.88 Å². The van der Waals surface area contributed by atoms with Crippen LogP contribution in [0.15, 0.2) is 77.2 Å². The SMILES string of the molecule is COc1nc2cccc(C(O)(CCN(C)C)c3cc4ccccc4o3)c2cc1C1=CCCC=C1. The highest BCUT2D eigenvalue weighted by Crippen LogP contribution is 2.41. The number of para-hydroxylation sites is 1. The van der Waals surface area contributed by atoms with E-state index in [-0.39, 0.29) is 0 Å². The van der Waals surface area contributed by atoms with Crippen molar-refractivity contribution in [1.29, 1.82) is 0 Å². The summed E-state index contributed by atoms with van der Waals surface area (Å²) in [4.78, 5) is 6.90. The number of pyridine rings is 1. The number of ether oxygens (including phenoxy) is 1. The van der Waals surface area contributed by atoms with Gasteiger partial charge in [-0.3, -0.25) is 0 Å². The molecule has 5 nitrogen and oxygen atoms in total. The first-order valence-electron chi connectivity index (χ1n) is 11.7. The molecule has 0 amide bonds. The second kappa shape index (κ2) is 9.09. The molecule has 2 heterocycles. The van der Waals surface area contributed by atoms with E-state index >= 15 is 0 Å². The maximum Gasteiger partial charge on any atom is 0.221 e. The van der Waals surface area contributed by atoms with Crippen LogP contribution in [0.3, 0.4) is 0 Å². The number of benzene rings is 2. The lowest BCUT2D eigenvalue weighted by atomic mass is 9.84. The molecule has 1 N–H and O–H groups in total. The fourth-order valence-electron chi connectivity index (χ4n) is 4.68. The molecule has 1 atom stereocenters. The van der Waals surface area contributed by atoms with Gasteiger partial charge in [-0.25, -0.2) is 4.98 Å². The number of furan rings is 1. The van der Waals surface area contributed by atoms with Gasteiger partial charge in [0.2, 0.25) is 5.88 Å². The predicted molar refractivity (Wildman–Crippen MR) is 137 cm³/mol. The van der Waals surface area contributed by atoms with Crippen LogP contribution in [0, 0.1) is 0 Å². The Morgan fingerprint density at radius 3 is 2.68 bits per heavy atom. The summed E-state index contributed by atoms with van der Waals surface area (Å²) in [5.41, 5.74) is 3.01. The van der Waals surface area contributed by atoms with Crippen molar-refractivity contribution in [2.75, 3.05) is 27.7 Å². The molecular formula is C29H30N2O3. The molecule has 1 aliphatic carbocycles. The van der Waals surface area contributed by atoms with Gasteiger partial charge in [0.15, 0.2) is 0 Å². The lowest BCUT2D eigenvalue weighted by Gasteiger charge is -2.29. The fourth-order valence-corrected chi connectivity index (χ4v) is 4.68. The van der Waals surface area contributed by atoms with Gasteiger partial charge in [-0.05, 0) is 56.8 Å². The van der Waals surface area contributed by atoms with E-state index in [4.69, 9.17) is 14.1 Å². The zero-order valence-electron chi connectivity index (χ0n) is 19.9. The molecule has 174 valence electrons. The maximum atomic E-state index is 12.3. The third-order valence-electron chi connectivity index (χ3n) is 6.52. The largest absolute Gasteiger partial charge is 0.481 e. The van der Waals surface area contributed by atoms with Crippen LogP contribution in [0.5, 0.6) is 5.88 Å². The Morgan fingerprint density at radius 2 is 1.94 bits per heavy atom. The lowest BCUT2D eigenvalue weighted by Crippen LogP contribution is -2.31. The minimum Gasteiger partial charge on any atom is -0.481 e. The third-order valence-corrected chi connectivity index (χ3v) is 6.52. The number of hydrogen-bond acceptors (Lipinski definition) is 5. The lowest BCUT2D eigenvalue weighted by molar-refractivity contribution is 0.0438. The molecule has 0 aliphatic heterocycles. The van der Waals surface area contributed by atoms with E-state index in [0.29, 0.717) is 24.6 Å². The molecule has 2 aromatic carbocycles. The van der Waals surface area contributed by atoms with Crippen LogP contribution in [-0.4, -0.2) is 42.7 Å². The van der Waals surface area contributed by atoms with Crippen molar-refractivity contribution in [2.45, 2.75) is 24.9 Å². The number of allylic oxidation sites excluding steroid dienone is 4. The smallest absolute Gasteiger partial charge is 0.221 e. The van der Waals surface area contributed by atoms with Crippen LogP contribution in [-0.2, 0) is 5.60 Å². The summed E-state index contributed by atoms with van der Waals surface area (Å²) in [7, 11) is 5.67. The Kier molecular flexibility index (Phi) is 5.98. The second-order valence-corrected chi connectivity index (χ2v) is 9.12. The summed E-state index contributed by atoms with van der Waals surface area (Å²) < 4.78 is 11.9. The minimum absolute atomic E-state index is 0.475. The molecule has 0 radical (unpaired) electrons. The third kappa shape index (κ3) is 4.02. The van der Waals surface area contributed by atoms with E-state index < -0.39 is 5.60 Å². The Bertz CT molecular complexity index is 1370. The molecule has 0 bridgehead atoms. The standard InChI is InChI=1S/C29H30N2O3/c1-31(2)17-16-29(32,27-18-21-12-7-8-15-26(21)34-27)24-13-9-14-25-23(24)19-22(28(30-25)33-3)20-10-5-4-6-11-20/h5,7-15,18-19,32H,4,6,16-17H2,1-3H3. The monoisotopic (exact) mass is 454 g/mol. The fraction of sp³-hybridized carbons (Fsp3) is 0.276. The van der Waals surface area contributed by atoms with Gasteiger partial charge in [-0.15, -0.1) is 0 Å². The van der Waals surface area contributed by atoms with Gasteiger partial charge in [0.05, 0.1) is 12.6 Å². The molecule has 5 rings (SSSR count). The highest BCUT2D eigenvalue weighted by molar-refractivity contribution is 5.90. The first-order valence-corrected chi connectivity index (χ1v) is 11.7. The van der Waals surface area contributed by atoms with Crippen LogP contribution in [0.4, 0.5) is 0 Å². The molecular weight excluding hydrogens is 424 g/mol. The van der Waals surface area contributed by atoms with Crippen LogP contribution in [0.25, 0.3) is 27.4 Å². The van der Waals surface area contributed by atoms with Crippen LogP contribution >= 0.6 is 0 Å². The van der Waals surface area contributed by atoms with Crippen LogP contribution < -0.4 is 4.74 Å². The molecule has 1 aliphatic rings. The quantitative estimate of drug-likeness (QED) is 0.376. The van der Waals surface area contributed by atoms with Crippen LogP contribution in [0.2, 0.25) is 0 Å². The number of methoxy groups -OCH3 is 1. The van der Waals surface area contributed by atoms with Crippen LogP contribution in [0.1, 0.15) is 36.1 Å². The number of fused-ring (bicyclic) bond motifs is 2. The first kappa shape index (κ1) is 22.4. The van der Waals surface area contributed by atoms with E-state index in [1.165, 1.54) is 0 Å². The van der Waals surface area contributed by atoms with Crippen molar-refractivity contribution in [2.24, 2.45) is 0 Å². The number of nitrogens with zero attached hydrogens (tertiary/aromatic N) is 2. The molecule has 0 spiro atoms. The predicted octanol–water partition coefficient (Wildman–Crippen LogP) is 5.91. The minimum atomic E-state index is -1.33. The highest BCUT2D eigenvalue weighted by atomic mass is 16.5. The number of hydrogen-bond donors (Lipinski definition) is 1. The average Bonchev–Trinajstić information content (AvgIpc) is 3.31. The molecule has 34 heavy (non-hydrogen) atoms. The van der Waals surface area contributed by atoms with Gasteiger partial charge < -0.3 is 19.2 Å².